The molecule has 1 aliphatic heterocycles. The zero-order valence-electron chi connectivity index (χ0n) is 14.9. The Kier molecular flexibility index (Phi) is 6.02. The molecule has 1 aliphatic rings. The van der Waals surface area contributed by atoms with E-state index in [-0.39, 0.29) is 30.3 Å². The molecule has 8 nitrogen and oxygen atoms in total. The highest BCUT2D eigenvalue weighted by molar-refractivity contribution is 5.92. The summed E-state index contributed by atoms with van der Waals surface area (Å²) in [5, 5.41) is 9.86. The normalized spacial score (nSPS) is 15.3. The summed E-state index contributed by atoms with van der Waals surface area (Å²) in [7, 11) is 1.57. The van der Waals surface area contributed by atoms with E-state index in [1.165, 1.54) is 24.3 Å². The third kappa shape index (κ3) is 5.04. The number of ether oxygens (including phenoxy) is 2. The molecule has 144 valence electrons. The van der Waals surface area contributed by atoms with E-state index >= 15 is 0 Å². The van der Waals surface area contributed by atoms with Gasteiger partial charge in [0.15, 0.2) is 6.61 Å². The fourth-order valence-corrected chi connectivity index (χ4v) is 2.82. The monoisotopic (exact) mass is 376 g/mol. The Morgan fingerprint density at radius 3 is 2.81 bits per heavy atom. The van der Waals surface area contributed by atoms with Gasteiger partial charge < -0.3 is 20.1 Å². The molecule has 0 saturated carbocycles. The Morgan fingerprint density at radius 1 is 1.33 bits per heavy atom. The van der Waals surface area contributed by atoms with Crippen molar-refractivity contribution in [1.29, 1.82) is 0 Å². The van der Waals surface area contributed by atoms with Gasteiger partial charge in [0, 0.05) is 25.8 Å². The molecule has 27 heavy (non-hydrogen) atoms. The van der Waals surface area contributed by atoms with E-state index in [1.807, 2.05) is 0 Å². The molecule has 0 saturated heterocycles. The first-order chi connectivity index (χ1) is 13.0. The average molecular weight is 376 g/mol. The second-order valence-corrected chi connectivity index (χ2v) is 6.16. The lowest BCUT2D eigenvalue weighted by molar-refractivity contribution is -0.123. The van der Waals surface area contributed by atoms with Crippen molar-refractivity contribution in [3.63, 3.8) is 0 Å². The van der Waals surface area contributed by atoms with Crippen LogP contribution in [0.1, 0.15) is 16.2 Å². The maximum Gasteiger partial charge on any atom is 0.271 e. The molecule has 0 radical (unpaired) electrons. The minimum atomic E-state index is -0.362. The van der Waals surface area contributed by atoms with Gasteiger partial charge in [0.05, 0.1) is 19.2 Å². The van der Waals surface area contributed by atoms with Crippen LogP contribution in [0.25, 0.3) is 0 Å². The van der Waals surface area contributed by atoms with Crippen LogP contribution in [0, 0.1) is 5.82 Å². The van der Waals surface area contributed by atoms with Gasteiger partial charge in [-0.2, -0.15) is 5.10 Å². The van der Waals surface area contributed by atoms with Crippen LogP contribution in [0.15, 0.2) is 30.3 Å². The number of amides is 2. The molecule has 1 atom stereocenters. The van der Waals surface area contributed by atoms with Crippen LogP contribution in [-0.4, -0.2) is 54.5 Å². The van der Waals surface area contributed by atoms with Crippen molar-refractivity contribution in [2.75, 3.05) is 26.9 Å². The summed E-state index contributed by atoms with van der Waals surface area (Å²) >= 11 is 0. The van der Waals surface area contributed by atoms with Crippen LogP contribution in [0.4, 0.5) is 4.39 Å². The number of aromatic nitrogens is 2. The Bertz CT molecular complexity index is 783. The minimum absolute atomic E-state index is 0.109. The fraction of sp³-hybridized carbons (Fsp3) is 0.389. The number of halogens is 1. The van der Waals surface area contributed by atoms with E-state index in [9.17, 15) is 14.0 Å². The molecule has 2 amide bonds. The Labute approximate surface area is 155 Å². The third-order valence-electron chi connectivity index (χ3n) is 4.09. The average Bonchev–Trinajstić information content (AvgIpc) is 3.20. The Balaban J connectivity index is 1.44. The van der Waals surface area contributed by atoms with Gasteiger partial charge in [0.25, 0.3) is 11.8 Å². The van der Waals surface area contributed by atoms with Crippen molar-refractivity contribution in [1.82, 2.24) is 20.4 Å². The molecule has 1 aromatic carbocycles. The van der Waals surface area contributed by atoms with Crippen LogP contribution in [-0.2, 0) is 22.5 Å². The highest BCUT2D eigenvalue weighted by Gasteiger charge is 2.26. The van der Waals surface area contributed by atoms with E-state index in [0.717, 1.165) is 5.69 Å². The van der Waals surface area contributed by atoms with E-state index in [4.69, 9.17) is 9.47 Å². The summed E-state index contributed by atoms with van der Waals surface area (Å²) in [5.41, 5.74) is 1.24. The molecule has 1 aromatic heterocycles. The standard InChI is InChI=1S/C18H21FN4O4/c1-26-7-6-20-18(25)16-9-14-8-13(10-23(14)22-16)21-17(24)11-27-15-4-2-12(19)3-5-15/h2-5,9,13H,6-8,10-11H2,1H3,(H,20,25)(H,21,24)/t13-/m0/s1. The molecular formula is C18H21FN4O4. The minimum Gasteiger partial charge on any atom is -0.484 e. The topological polar surface area (TPSA) is 94.5 Å². The van der Waals surface area contributed by atoms with Crippen LogP contribution >= 0.6 is 0 Å². The maximum atomic E-state index is 12.8. The quantitative estimate of drug-likeness (QED) is 0.655. The molecular weight excluding hydrogens is 355 g/mol. The van der Waals surface area contributed by atoms with Crippen molar-refractivity contribution in [2.45, 2.75) is 19.0 Å². The zero-order chi connectivity index (χ0) is 19.2. The lowest BCUT2D eigenvalue weighted by atomic mass is 10.2. The van der Waals surface area contributed by atoms with Crippen molar-refractivity contribution in [2.24, 2.45) is 0 Å². The lowest BCUT2D eigenvalue weighted by Gasteiger charge is -2.12. The highest BCUT2D eigenvalue weighted by Crippen LogP contribution is 2.16. The van der Waals surface area contributed by atoms with Crippen LogP contribution in [0.3, 0.4) is 0 Å². The molecule has 3 rings (SSSR count). The number of carbonyl (C=O) groups excluding carboxylic acids is 2. The summed E-state index contributed by atoms with van der Waals surface area (Å²) in [5.74, 6) is -0.455. The number of fused-ring (bicyclic) bond motifs is 1. The van der Waals surface area contributed by atoms with Crippen LogP contribution in [0.5, 0.6) is 5.75 Å². The number of nitrogens with one attached hydrogen (secondary N) is 2. The van der Waals surface area contributed by atoms with Crippen molar-refractivity contribution >= 4 is 11.8 Å². The van der Waals surface area contributed by atoms with Crippen molar-refractivity contribution in [3.05, 3.63) is 47.5 Å². The van der Waals surface area contributed by atoms with Crippen molar-refractivity contribution in [3.8, 4) is 5.75 Å². The molecule has 0 fully saturated rings. The van der Waals surface area contributed by atoms with Crippen LogP contribution < -0.4 is 15.4 Å². The summed E-state index contributed by atoms with van der Waals surface area (Å²) in [4.78, 5) is 24.0. The maximum absolute atomic E-state index is 12.8. The largest absolute Gasteiger partial charge is 0.484 e. The van der Waals surface area contributed by atoms with Gasteiger partial charge in [0.1, 0.15) is 17.3 Å². The second-order valence-electron chi connectivity index (χ2n) is 6.16. The van der Waals surface area contributed by atoms with Crippen LogP contribution in [0.2, 0.25) is 0 Å². The summed E-state index contributed by atoms with van der Waals surface area (Å²) < 4.78 is 24.8. The number of carbonyl (C=O) groups is 2. The molecule has 2 heterocycles. The predicted molar refractivity (Wildman–Crippen MR) is 94.0 cm³/mol. The van der Waals surface area contributed by atoms with Gasteiger partial charge in [0.2, 0.25) is 0 Å². The number of benzene rings is 1. The van der Waals surface area contributed by atoms with Gasteiger partial charge in [-0.05, 0) is 30.3 Å². The van der Waals surface area contributed by atoms with Crippen molar-refractivity contribution < 1.29 is 23.5 Å². The molecule has 2 N–H and O–H groups in total. The number of nitrogens with zero attached hydrogens (tertiary/aromatic N) is 2. The number of methoxy groups -OCH3 is 1. The van der Waals surface area contributed by atoms with Gasteiger partial charge in [-0.25, -0.2) is 4.39 Å². The number of hydrogen-bond acceptors (Lipinski definition) is 5. The fourth-order valence-electron chi connectivity index (χ4n) is 2.82. The predicted octanol–water partition coefficient (Wildman–Crippen LogP) is 0.518. The summed E-state index contributed by atoms with van der Waals surface area (Å²) in [6.45, 7) is 1.19. The first-order valence-electron chi connectivity index (χ1n) is 8.56. The highest BCUT2D eigenvalue weighted by atomic mass is 19.1. The zero-order valence-corrected chi connectivity index (χ0v) is 14.9. The first kappa shape index (κ1) is 18.8. The van der Waals surface area contributed by atoms with Gasteiger partial charge in [-0.3, -0.25) is 14.3 Å². The van der Waals surface area contributed by atoms with Gasteiger partial charge >= 0.3 is 0 Å². The van der Waals surface area contributed by atoms with Gasteiger partial charge in [-0.15, -0.1) is 0 Å². The molecule has 9 heteroatoms. The third-order valence-corrected chi connectivity index (χ3v) is 4.09. The SMILES string of the molecule is COCCNC(=O)c1cc2n(n1)C[C@@H](NC(=O)COc1ccc(F)cc1)C2. The Morgan fingerprint density at radius 2 is 2.11 bits per heavy atom. The molecule has 0 aliphatic carbocycles. The number of hydrogen-bond donors (Lipinski definition) is 2. The number of rotatable bonds is 8. The smallest absolute Gasteiger partial charge is 0.271 e. The molecule has 2 aromatic rings. The summed E-state index contributed by atoms with van der Waals surface area (Å²) in [6.07, 6.45) is 0.584. The van der Waals surface area contributed by atoms with E-state index in [2.05, 4.69) is 15.7 Å². The summed E-state index contributed by atoms with van der Waals surface area (Å²) in [6, 6.07) is 7.09. The van der Waals surface area contributed by atoms with E-state index < -0.39 is 0 Å². The first-order valence-corrected chi connectivity index (χ1v) is 8.56. The van der Waals surface area contributed by atoms with E-state index in [0.29, 0.717) is 37.6 Å². The molecule has 0 spiro atoms. The molecule has 0 unspecified atom stereocenters. The molecule has 0 bridgehead atoms. The second kappa shape index (κ2) is 8.63. The van der Waals surface area contributed by atoms with E-state index in [1.54, 1.807) is 17.9 Å². The van der Waals surface area contributed by atoms with Gasteiger partial charge in [-0.1, -0.05) is 0 Å². The lowest BCUT2D eigenvalue weighted by Crippen LogP contribution is -2.39. The Hall–Kier alpha value is -2.94.